The monoisotopic (exact) mass is 1310 g/mol. The Labute approximate surface area is 543 Å². The fraction of sp³-hybridized carbons (Fsp3) is 0.943. The van der Waals surface area contributed by atoms with E-state index in [0.29, 0.717) is 31.6 Å². The van der Waals surface area contributed by atoms with E-state index in [-0.39, 0.29) is 25.7 Å². The second-order valence-corrected chi connectivity index (χ2v) is 29.8. The molecule has 528 valence electrons. The van der Waals surface area contributed by atoms with E-state index in [1.54, 1.807) is 0 Å². The highest BCUT2D eigenvalue weighted by Crippen LogP contribution is 2.45. The molecule has 6 atom stereocenters. The van der Waals surface area contributed by atoms with Crippen molar-refractivity contribution in [3.63, 3.8) is 0 Å². The molecule has 17 nitrogen and oxygen atoms in total. The van der Waals surface area contributed by atoms with Crippen molar-refractivity contribution < 1.29 is 80.2 Å². The summed E-state index contributed by atoms with van der Waals surface area (Å²) in [5, 5.41) is 10.6. The van der Waals surface area contributed by atoms with Gasteiger partial charge in [-0.25, -0.2) is 9.13 Å². The van der Waals surface area contributed by atoms with Crippen LogP contribution < -0.4 is 0 Å². The summed E-state index contributed by atoms with van der Waals surface area (Å²) in [4.78, 5) is 72.5. The number of hydrogen-bond donors (Lipinski definition) is 3. The predicted molar refractivity (Wildman–Crippen MR) is 358 cm³/mol. The highest BCUT2D eigenvalue weighted by atomic mass is 31.2. The number of phosphoric acid groups is 2. The zero-order valence-corrected chi connectivity index (χ0v) is 59.8. The number of aliphatic hydroxyl groups is 1. The molecule has 0 saturated carbocycles. The van der Waals surface area contributed by atoms with Crippen LogP contribution in [0.25, 0.3) is 0 Å². The van der Waals surface area contributed by atoms with Crippen LogP contribution in [0.1, 0.15) is 344 Å². The van der Waals surface area contributed by atoms with Crippen molar-refractivity contribution in [2.24, 2.45) is 23.7 Å². The number of phosphoric ester groups is 2. The van der Waals surface area contributed by atoms with E-state index in [1.165, 1.54) is 141 Å². The fourth-order valence-electron chi connectivity index (χ4n) is 10.5. The van der Waals surface area contributed by atoms with Crippen LogP contribution in [0.15, 0.2) is 0 Å². The molecule has 0 radical (unpaired) electrons. The lowest BCUT2D eigenvalue weighted by molar-refractivity contribution is -0.161. The lowest BCUT2D eigenvalue weighted by Gasteiger charge is -2.21. The molecule has 0 fully saturated rings. The average molecular weight is 1310 g/mol. The standard InChI is InChI=1S/C70H136O17P2/c1-9-63(8)49-41-33-24-20-21-25-34-42-50-67(72)80-56-65(86-69(74)52-44-36-26-18-14-12-10-11-13-16-22-30-38-46-60(2)3)58-84-88(76,77)82-54-64(71)55-83-89(78,79)85-59-66(57-81-68(73)51-43-35-29-28-32-40-48-62(6)7)87-70(75)53-45-37-27-19-15-17-23-31-39-47-61(4)5/h60-66,71H,9-59H2,1-8H3,(H,76,77)(H,78,79)/t63?,64-,65-,66-/m1/s1. The summed E-state index contributed by atoms with van der Waals surface area (Å²) in [6.07, 6.45) is 41.8. The molecule has 0 aliphatic carbocycles. The molecule has 0 aliphatic heterocycles. The van der Waals surface area contributed by atoms with Crippen LogP contribution in [-0.2, 0) is 65.4 Å². The lowest BCUT2D eigenvalue weighted by atomic mass is 9.99. The second-order valence-electron chi connectivity index (χ2n) is 26.9. The van der Waals surface area contributed by atoms with Gasteiger partial charge >= 0.3 is 39.5 Å². The van der Waals surface area contributed by atoms with Gasteiger partial charge in [0.15, 0.2) is 12.2 Å². The number of rotatable bonds is 67. The Kier molecular flexibility index (Phi) is 58.5. The Bertz CT molecular complexity index is 1770. The Morgan fingerprint density at radius 2 is 0.539 bits per heavy atom. The van der Waals surface area contributed by atoms with Crippen LogP contribution in [0, 0.1) is 23.7 Å². The summed E-state index contributed by atoms with van der Waals surface area (Å²) in [6.45, 7) is 14.1. The molecular weight excluding hydrogens is 1170 g/mol. The van der Waals surface area contributed by atoms with Gasteiger partial charge in [-0.3, -0.25) is 37.3 Å². The zero-order valence-electron chi connectivity index (χ0n) is 58.1. The van der Waals surface area contributed by atoms with Crippen molar-refractivity contribution in [1.82, 2.24) is 0 Å². The van der Waals surface area contributed by atoms with E-state index in [4.69, 9.17) is 37.0 Å². The van der Waals surface area contributed by atoms with Crippen molar-refractivity contribution in [3.8, 4) is 0 Å². The minimum absolute atomic E-state index is 0.104. The molecule has 19 heteroatoms. The van der Waals surface area contributed by atoms with Gasteiger partial charge in [0.25, 0.3) is 0 Å². The topological polar surface area (TPSA) is 237 Å². The molecule has 0 saturated heterocycles. The quantitative estimate of drug-likeness (QED) is 0.0222. The third-order valence-electron chi connectivity index (χ3n) is 16.4. The van der Waals surface area contributed by atoms with Gasteiger partial charge in [0, 0.05) is 25.7 Å². The Morgan fingerprint density at radius 3 is 0.798 bits per heavy atom. The average Bonchev–Trinajstić information content (AvgIpc) is 3.65. The van der Waals surface area contributed by atoms with Gasteiger partial charge in [0.1, 0.15) is 19.3 Å². The van der Waals surface area contributed by atoms with Gasteiger partial charge in [-0.05, 0) is 49.4 Å². The first-order chi connectivity index (χ1) is 42.6. The first-order valence-electron chi connectivity index (χ1n) is 36.2. The summed E-state index contributed by atoms with van der Waals surface area (Å²) >= 11 is 0. The predicted octanol–water partition coefficient (Wildman–Crippen LogP) is 19.7. The van der Waals surface area contributed by atoms with Gasteiger partial charge in [0.2, 0.25) is 0 Å². The minimum atomic E-state index is -4.95. The fourth-order valence-corrected chi connectivity index (χ4v) is 12.0. The highest BCUT2D eigenvalue weighted by Gasteiger charge is 2.30. The van der Waals surface area contributed by atoms with E-state index in [9.17, 15) is 43.2 Å². The molecule has 89 heavy (non-hydrogen) atoms. The van der Waals surface area contributed by atoms with Crippen molar-refractivity contribution in [3.05, 3.63) is 0 Å². The number of unbranched alkanes of at least 4 members (excludes halogenated alkanes) is 32. The van der Waals surface area contributed by atoms with Crippen LogP contribution in [0.3, 0.4) is 0 Å². The molecule has 0 aliphatic rings. The van der Waals surface area contributed by atoms with E-state index >= 15 is 0 Å². The van der Waals surface area contributed by atoms with Crippen LogP contribution in [-0.4, -0.2) is 96.7 Å². The number of carbonyl (C=O) groups is 4. The number of aliphatic hydroxyl groups excluding tert-OH is 1. The van der Waals surface area contributed by atoms with Crippen molar-refractivity contribution in [1.29, 1.82) is 0 Å². The van der Waals surface area contributed by atoms with Crippen LogP contribution >= 0.6 is 15.6 Å². The molecule has 0 aromatic carbocycles. The maximum atomic E-state index is 13.0. The van der Waals surface area contributed by atoms with Crippen molar-refractivity contribution in [2.75, 3.05) is 39.6 Å². The maximum absolute atomic E-state index is 13.0. The van der Waals surface area contributed by atoms with Gasteiger partial charge in [-0.1, -0.05) is 293 Å². The van der Waals surface area contributed by atoms with Crippen LogP contribution in [0.5, 0.6) is 0 Å². The largest absolute Gasteiger partial charge is 0.472 e. The molecule has 3 unspecified atom stereocenters. The Hall–Kier alpha value is -1.94. The molecule has 0 aromatic heterocycles. The third kappa shape index (κ3) is 63.2. The number of hydrogen-bond acceptors (Lipinski definition) is 15. The number of ether oxygens (including phenoxy) is 4. The summed E-state index contributed by atoms with van der Waals surface area (Å²) in [5.74, 6) is 0.848. The van der Waals surface area contributed by atoms with Gasteiger partial charge in [0.05, 0.1) is 26.4 Å². The SMILES string of the molecule is CCC(C)CCCCCCCCCCC(=O)OC[C@H](COP(=O)(O)OC[C@@H](O)COP(=O)(O)OC[C@@H](COC(=O)CCCCCCCCC(C)C)OC(=O)CCCCCCCCCCCC(C)C)OC(=O)CCCCCCCCCCCCCCCC(C)C. The third-order valence-corrected chi connectivity index (χ3v) is 18.3. The van der Waals surface area contributed by atoms with Gasteiger partial charge in [-0.15, -0.1) is 0 Å². The second kappa shape index (κ2) is 59.8. The first-order valence-corrected chi connectivity index (χ1v) is 39.2. The Morgan fingerprint density at radius 1 is 0.315 bits per heavy atom. The maximum Gasteiger partial charge on any atom is 0.472 e. The summed E-state index contributed by atoms with van der Waals surface area (Å²) in [7, 11) is -9.90. The van der Waals surface area contributed by atoms with E-state index in [1.807, 2.05) is 0 Å². The smallest absolute Gasteiger partial charge is 0.462 e. The van der Waals surface area contributed by atoms with Gasteiger partial charge < -0.3 is 33.8 Å². The minimum Gasteiger partial charge on any atom is -0.462 e. The molecule has 0 amide bonds. The summed E-state index contributed by atoms with van der Waals surface area (Å²) in [5.41, 5.74) is 0. The zero-order chi connectivity index (χ0) is 66.1. The van der Waals surface area contributed by atoms with Crippen LogP contribution in [0.4, 0.5) is 0 Å². The highest BCUT2D eigenvalue weighted by molar-refractivity contribution is 7.47. The lowest BCUT2D eigenvalue weighted by Crippen LogP contribution is -2.30. The van der Waals surface area contributed by atoms with E-state index in [0.717, 1.165) is 114 Å². The van der Waals surface area contributed by atoms with Crippen LogP contribution in [0.2, 0.25) is 0 Å². The summed E-state index contributed by atoms with van der Waals surface area (Å²) in [6, 6.07) is 0. The molecule has 0 bridgehead atoms. The van der Waals surface area contributed by atoms with E-state index < -0.39 is 97.5 Å². The molecule has 0 heterocycles. The molecule has 3 N–H and O–H groups in total. The van der Waals surface area contributed by atoms with Crippen molar-refractivity contribution in [2.45, 2.75) is 363 Å². The molecule has 0 rings (SSSR count). The van der Waals surface area contributed by atoms with Crippen molar-refractivity contribution >= 4 is 39.5 Å². The normalized spacial score (nSPS) is 14.6. The number of esters is 4. The molecule has 0 aromatic rings. The number of carbonyl (C=O) groups excluding carboxylic acids is 4. The molecule has 0 spiro atoms. The van der Waals surface area contributed by atoms with Gasteiger partial charge in [-0.2, -0.15) is 0 Å². The first kappa shape index (κ1) is 87.1. The van der Waals surface area contributed by atoms with E-state index in [2.05, 4.69) is 55.4 Å². The molecular formula is C70H136O17P2. The summed E-state index contributed by atoms with van der Waals surface area (Å²) < 4.78 is 68.3. The Balaban J connectivity index is 5.25.